The largest absolute Gasteiger partial charge is 0.385 e. The molecule has 3 rings (SSSR count). The van der Waals surface area contributed by atoms with Crippen LogP contribution in [0.4, 0.5) is 0 Å². The maximum Gasteiger partial charge on any atom is 0.0891 e. The van der Waals surface area contributed by atoms with Crippen LogP contribution in [0.2, 0.25) is 0 Å². The van der Waals surface area contributed by atoms with E-state index in [-0.39, 0.29) is 12.0 Å². The summed E-state index contributed by atoms with van der Waals surface area (Å²) in [5, 5.41) is 10.9. The molecule has 0 bridgehead atoms. The normalized spacial score (nSPS) is 46.3. The molecule has 0 spiro atoms. The highest BCUT2D eigenvalue weighted by Gasteiger charge is 2.60. The first-order valence-corrected chi connectivity index (χ1v) is 8.04. The first-order chi connectivity index (χ1) is 9.44. The first kappa shape index (κ1) is 14.3. The highest BCUT2D eigenvalue weighted by molar-refractivity contribution is 5.31. The van der Waals surface area contributed by atoms with E-state index in [2.05, 4.69) is 26.5 Å². The summed E-state index contributed by atoms with van der Waals surface area (Å²) < 4.78 is 5.77. The number of hydrogen-bond acceptors (Lipinski definition) is 2. The van der Waals surface area contributed by atoms with Crippen molar-refractivity contribution in [2.45, 2.75) is 57.7 Å². The molecule has 0 saturated heterocycles. The van der Waals surface area contributed by atoms with Gasteiger partial charge in [-0.1, -0.05) is 38.8 Å². The molecule has 0 unspecified atom stereocenters. The quantitative estimate of drug-likeness (QED) is 0.796. The summed E-state index contributed by atoms with van der Waals surface area (Å²) in [6.07, 6.45) is 9.71. The van der Waals surface area contributed by atoms with Crippen LogP contribution in [0.5, 0.6) is 0 Å². The number of fused-ring (bicyclic) bond motifs is 1. The minimum absolute atomic E-state index is 0.188. The Kier molecular flexibility index (Phi) is 3.38. The first-order valence-electron chi connectivity index (χ1n) is 8.04. The summed E-state index contributed by atoms with van der Waals surface area (Å²) in [7, 11) is 1.81. The van der Waals surface area contributed by atoms with Gasteiger partial charge in [0.15, 0.2) is 0 Å². The lowest BCUT2D eigenvalue weighted by Crippen LogP contribution is -2.42. The van der Waals surface area contributed by atoms with Crippen LogP contribution in [0.3, 0.4) is 0 Å². The van der Waals surface area contributed by atoms with E-state index in [1.54, 1.807) is 6.08 Å². The Morgan fingerprint density at radius 2 is 2.15 bits per heavy atom. The second kappa shape index (κ2) is 4.71. The van der Waals surface area contributed by atoms with Crippen molar-refractivity contribution < 1.29 is 9.84 Å². The molecular formula is C18H28O2. The molecule has 2 fully saturated rings. The summed E-state index contributed by atoms with van der Waals surface area (Å²) in [6, 6.07) is 0. The predicted molar refractivity (Wildman–Crippen MR) is 81.4 cm³/mol. The van der Waals surface area contributed by atoms with Gasteiger partial charge in [0.05, 0.1) is 11.7 Å². The fraction of sp³-hybridized carbons (Fsp3) is 0.778. The van der Waals surface area contributed by atoms with Crippen molar-refractivity contribution in [1.29, 1.82) is 0 Å². The Balaban J connectivity index is 1.92. The number of allylic oxidation sites excluding steroid dienone is 1. The smallest absolute Gasteiger partial charge is 0.0891 e. The van der Waals surface area contributed by atoms with Crippen LogP contribution in [-0.2, 0) is 4.74 Å². The van der Waals surface area contributed by atoms with Crippen LogP contribution in [0.1, 0.15) is 46.0 Å². The lowest BCUT2D eigenvalue weighted by molar-refractivity contribution is -0.00532. The standard InChI is InChI=1S/C18H28O2/c1-5-18(19)9-7-6-8-13(18)12-10-14-15(17(14,2)3)11-16(12)20-4/h5,10,13-16,19H,1,6-9,11H2,2-4H3/t13-,14+,15-,16-,18-/m1/s1. The van der Waals surface area contributed by atoms with Crippen LogP contribution in [-0.4, -0.2) is 23.9 Å². The van der Waals surface area contributed by atoms with Gasteiger partial charge in [-0.15, -0.1) is 6.58 Å². The van der Waals surface area contributed by atoms with E-state index in [0.717, 1.165) is 31.6 Å². The Morgan fingerprint density at radius 3 is 2.80 bits per heavy atom. The lowest BCUT2D eigenvalue weighted by Gasteiger charge is -2.42. The molecule has 2 nitrogen and oxygen atoms in total. The average molecular weight is 276 g/mol. The zero-order chi connectivity index (χ0) is 14.5. The number of rotatable bonds is 3. The van der Waals surface area contributed by atoms with E-state index in [9.17, 15) is 5.11 Å². The maximum absolute atomic E-state index is 10.9. The van der Waals surface area contributed by atoms with Crippen molar-refractivity contribution in [2.24, 2.45) is 23.2 Å². The zero-order valence-electron chi connectivity index (χ0n) is 13.1. The Hall–Kier alpha value is -0.600. The average Bonchev–Trinajstić information content (AvgIpc) is 2.99. The van der Waals surface area contributed by atoms with E-state index < -0.39 is 5.60 Å². The van der Waals surface area contributed by atoms with Gasteiger partial charge in [-0.2, -0.15) is 0 Å². The van der Waals surface area contributed by atoms with Crippen molar-refractivity contribution in [2.75, 3.05) is 7.11 Å². The molecular weight excluding hydrogens is 248 g/mol. The lowest BCUT2D eigenvalue weighted by atomic mass is 9.69. The van der Waals surface area contributed by atoms with Gasteiger partial charge in [-0.05, 0) is 42.1 Å². The van der Waals surface area contributed by atoms with Crippen LogP contribution < -0.4 is 0 Å². The number of aliphatic hydroxyl groups is 1. The van der Waals surface area contributed by atoms with Crippen molar-refractivity contribution >= 4 is 0 Å². The van der Waals surface area contributed by atoms with Crippen LogP contribution in [0.15, 0.2) is 24.3 Å². The topological polar surface area (TPSA) is 29.5 Å². The highest BCUT2D eigenvalue weighted by atomic mass is 16.5. The van der Waals surface area contributed by atoms with E-state index in [1.165, 1.54) is 12.0 Å². The molecule has 0 aromatic heterocycles. The van der Waals surface area contributed by atoms with Crippen molar-refractivity contribution in [3.63, 3.8) is 0 Å². The van der Waals surface area contributed by atoms with E-state index >= 15 is 0 Å². The molecule has 0 aromatic rings. The Labute approximate surface area is 122 Å². The second-order valence-electron chi connectivity index (χ2n) is 7.57. The fourth-order valence-corrected chi connectivity index (χ4v) is 4.70. The molecule has 5 atom stereocenters. The Morgan fingerprint density at radius 1 is 1.40 bits per heavy atom. The molecule has 112 valence electrons. The zero-order valence-corrected chi connectivity index (χ0v) is 13.1. The van der Waals surface area contributed by atoms with Crippen molar-refractivity contribution in [3.05, 3.63) is 24.3 Å². The monoisotopic (exact) mass is 276 g/mol. The molecule has 1 N–H and O–H groups in total. The summed E-state index contributed by atoms with van der Waals surface area (Å²) in [4.78, 5) is 0. The highest BCUT2D eigenvalue weighted by Crippen LogP contribution is 2.65. The van der Waals surface area contributed by atoms with Gasteiger partial charge < -0.3 is 9.84 Å². The number of ether oxygens (including phenoxy) is 1. The minimum atomic E-state index is -0.729. The minimum Gasteiger partial charge on any atom is -0.385 e. The van der Waals surface area contributed by atoms with Crippen molar-refractivity contribution in [3.8, 4) is 0 Å². The third-order valence-electron chi connectivity index (χ3n) is 6.31. The third kappa shape index (κ3) is 2.00. The van der Waals surface area contributed by atoms with Gasteiger partial charge in [0, 0.05) is 13.0 Å². The molecule has 3 aliphatic rings. The summed E-state index contributed by atoms with van der Waals surface area (Å²) >= 11 is 0. The molecule has 0 aliphatic heterocycles. The Bertz CT molecular complexity index is 437. The molecule has 20 heavy (non-hydrogen) atoms. The van der Waals surface area contributed by atoms with E-state index in [4.69, 9.17) is 4.74 Å². The summed E-state index contributed by atoms with van der Waals surface area (Å²) in [5.74, 6) is 1.65. The van der Waals surface area contributed by atoms with E-state index in [1.807, 2.05) is 7.11 Å². The molecule has 2 saturated carbocycles. The summed E-state index contributed by atoms with van der Waals surface area (Å²) in [5.41, 5.74) is 1.04. The molecule has 3 aliphatic carbocycles. The van der Waals surface area contributed by atoms with Crippen LogP contribution in [0.25, 0.3) is 0 Å². The van der Waals surface area contributed by atoms with Gasteiger partial charge in [0.25, 0.3) is 0 Å². The SMILES string of the molecule is C=C[C@@]1(O)CCCC[C@@H]1C1=C[C@H]2[C@@H](C[C@H]1OC)C2(C)C. The molecule has 2 heteroatoms. The van der Waals surface area contributed by atoms with Crippen LogP contribution >= 0.6 is 0 Å². The second-order valence-corrected chi connectivity index (χ2v) is 7.57. The predicted octanol–water partition coefficient (Wildman–Crippen LogP) is 3.71. The van der Waals surface area contributed by atoms with E-state index in [0.29, 0.717) is 11.3 Å². The number of hydrogen-bond donors (Lipinski definition) is 1. The molecule has 0 aromatic carbocycles. The summed E-state index contributed by atoms with van der Waals surface area (Å²) in [6.45, 7) is 8.60. The van der Waals surface area contributed by atoms with Gasteiger partial charge in [0.1, 0.15) is 0 Å². The number of methoxy groups -OCH3 is 1. The van der Waals surface area contributed by atoms with Crippen molar-refractivity contribution in [1.82, 2.24) is 0 Å². The van der Waals surface area contributed by atoms with Gasteiger partial charge in [0.2, 0.25) is 0 Å². The third-order valence-corrected chi connectivity index (χ3v) is 6.31. The van der Waals surface area contributed by atoms with Gasteiger partial charge in [-0.3, -0.25) is 0 Å². The molecule has 0 amide bonds. The van der Waals surface area contributed by atoms with Gasteiger partial charge in [-0.25, -0.2) is 0 Å². The fourth-order valence-electron chi connectivity index (χ4n) is 4.70. The van der Waals surface area contributed by atoms with Crippen LogP contribution in [0, 0.1) is 23.2 Å². The molecule has 0 heterocycles. The molecule has 0 radical (unpaired) electrons. The van der Waals surface area contributed by atoms with Gasteiger partial charge >= 0.3 is 0 Å². The maximum atomic E-state index is 10.9.